The van der Waals surface area contributed by atoms with Gasteiger partial charge in [-0.05, 0) is 54.6 Å². The van der Waals surface area contributed by atoms with Gasteiger partial charge in [0.1, 0.15) is 5.03 Å². The quantitative estimate of drug-likeness (QED) is 0.114. The molecule has 0 saturated carbocycles. The summed E-state index contributed by atoms with van der Waals surface area (Å²) in [6, 6.07) is 21.3. The lowest BCUT2D eigenvalue weighted by molar-refractivity contribution is 0.101. The topological polar surface area (TPSA) is 59.9 Å². The lowest BCUT2D eigenvalue weighted by atomic mass is 10.1. The van der Waals surface area contributed by atoms with Crippen molar-refractivity contribution < 1.29 is 9.59 Å². The molecule has 0 amide bonds. The molecule has 0 aliphatic heterocycles. The van der Waals surface area contributed by atoms with Gasteiger partial charge in [-0.1, -0.05) is 64.9 Å². The van der Waals surface area contributed by atoms with Gasteiger partial charge >= 0.3 is 0 Å². The number of ketones is 2. The van der Waals surface area contributed by atoms with E-state index in [9.17, 15) is 9.59 Å². The first-order valence-electron chi connectivity index (χ1n) is 9.59. The molecular weight excluding hydrogens is 483 g/mol. The van der Waals surface area contributed by atoms with Crippen molar-refractivity contribution in [3.05, 3.63) is 94.0 Å². The summed E-state index contributed by atoms with van der Waals surface area (Å²) < 4.78 is 0. The van der Waals surface area contributed by atoms with Gasteiger partial charge in [0.25, 0.3) is 0 Å². The van der Waals surface area contributed by atoms with Gasteiger partial charge in [-0.2, -0.15) is 0 Å². The Bertz CT molecular complexity index is 1280. The van der Waals surface area contributed by atoms with Crippen LogP contribution in [0.25, 0.3) is 10.9 Å². The van der Waals surface area contributed by atoms with Gasteiger partial charge in [0.05, 0.1) is 17.0 Å². The van der Waals surface area contributed by atoms with Gasteiger partial charge in [0.2, 0.25) is 0 Å². The number of nitrogens with zero attached hydrogens (tertiary/aromatic N) is 2. The van der Waals surface area contributed by atoms with E-state index in [-0.39, 0.29) is 23.1 Å². The summed E-state index contributed by atoms with van der Waals surface area (Å²) in [5.74, 6) is 0.390. The molecule has 0 aliphatic rings. The van der Waals surface area contributed by atoms with Gasteiger partial charge in [0, 0.05) is 26.6 Å². The highest BCUT2D eigenvalue weighted by Gasteiger charge is 2.14. The Kier molecular flexibility index (Phi) is 7.48. The molecule has 0 spiro atoms. The summed E-state index contributed by atoms with van der Waals surface area (Å²) in [6.45, 7) is 0. The van der Waals surface area contributed by atoms with E-state index in [1.54, 1.807) is 48.5 Å². The summed E-state index contributed by atoms with van der Waals surface area (Å²) in [7, 11) is 0. The second-order valence-electron chi connectivity index (χ2n) is 6.77. The van der Waals surface area contributed by atoms with Crippen LogP contribution >= 0.6 is 46.7 Å². The number of carbonyl (C=O) groups is 2. The minimum atomic E-state index is -0.0319. The van der Waals surface area contributed by atoms with Crippen molar-refractivity contribution in [1.82, 2.24) is 9.97 Å². The summed E-state index contributed by atoms with van der Waals surface area (Å²) in [5.41, 5.74) is 1.96. The highest BCUT2D eigenvalue weighted by molar-refractivity contribution is 8.00. The lowest BCUT2D eigenvalue weighted by Gasteiger charge is -2.08. The van der Waals surface area contributed by atoms with E-state index in [1.807, 2.05) is 24.3 Å². The van der Waals surface area contributed by atoms with Gasteiger partial charge in [-0.3, -0.25) is 9.59 Å². The molecule has 0 bridgehead atoms. The van der Waals surface area contributed by atoms with E-state index in [2.05, 4.69) is 9.97 Å². The average Bonchev–Trinajstić information content (AvgIpc) is 2.81. The minimum Gasteiger partial charge on any atom is -0.293 e. The fraction of sp³-hybridized carbons (Fsp3) is 0.0833. The molecule has 0 N–H and O–H groups in total. The predicted octanol–water partition coefficient (Wildman–Crippen LogP) is 6.89. The van der Waals surface area contributed by atoms with E-state index in [4.69, 9.17) is 23.2 Å². The van der Waals surface area contributed by atoms with Crippen LogP contribution < -0.4 is 0 Å². The number of hydrogen-bond donors (Lipinski definition) is 0. The Morgan fingerprint density at radius 2 is 1.22 bits per heavy atom. The molecular formula is C24H16Cl2N2O2S2. The van der Waals surface area contributed by atoms with Crippen LogP contribution in [0.15, 0.2) is 83.0 Å². The van der Waals surface area contributed by atoms with Crippen LogP contribution in [-0.4, -0.2) is 33.0 Å². The predicted molar refractivity (Wildman–Crippen MR) is 133 cm³/mol. The SMILES string of the molecule is O=C(CSc1nc(SCC(=O)c2ccc(Cl)cc2)c2ccccc2n1)c1ccc(Cl)cc1. The van der Waals surface area contributed by atoms with Crippen molar-refractivity contribution >= 4 is 69.2 Å². The maximum atomic E-state index is 12.6. The van der Waals surface area contributed by atoms with Crippen LogP contribution in [0.3, 0.4) is 0 Å². The summed E-state index contributed by atoms with van der Waals surface area (Å²) >= 11 is 14.4. The van der Waals surface area contributed by atoms with Gasteiger partial charge in [0.15, 0.2) is 16.7 Å². The molecule has 4 rings (SSSR count). The van der Waals surface area contributed by atoms with E-state index in [0.29, 0.717) is 31.4 Å². The molecule has 1 aromatic heterocycles. The van der Waals surface area contributed by atoms with Gasteiger partial charge in [-0.15, -0.1) is 0 Å². The number of fused-ring (bicyclic) bond motifs is 1. The van der Waals surface area contributed by atoms with Crippen molar-refractivity contribution in [2.45, 2.75) is 10.2 Å². The molecule has 8 heteroatoms. The molecule has 160 valence electrons. The standard InChI is InChI=1S/C24H16Cl2N2O2S2/c25-17-9-5-15(6-10-17)21(29)13-31-23-19-3-1-2-4-20(19)27-24(28-23)32-14-22(30)16-7-11-18(26)12-8-16/h1-12H,13-14H2. The number of carbonyl (C=O) groups excluding carboxylic acids is 2. The zero-order chi connectivity index (χ0) is 22.5. The number of rotatable bonds is 8. The molecule has 0 radical (unpaired) electrons. The maximum absolute atomic E-state index is 12.6. The molecule has 0 unspecified atom stereocenters. The van der Waals surface area contributed by atoms with Crippen LogP contribution in [0.2, 0.25) is 10.0 Å². The number of hydrogen-bond acceptors (Lipinski definition) is 6. The number of thioether (sulfide) groups is 2. The zero-order valence-corrected chi connectivity index (χ0v) is 19.8. The molecule has 0 saturated heterocycles. The van der Waals surface area contributed by atoms with Crippen LogP contribution in [0, 0.1) is 0 Å². The Hall–Kier alpha value is -2.38. The van der Waals surface area contributed by atoms with E-state index < -0.39 is 0 Å². The number of benzene rings is 3. The number of halogens is 2. The molecule has 3 aromatic carbocycles. The fourth-order valence-corrected chi connectivity index (χ4v) is 4.87. The van der Waals surface area contributed by atoms with Crippen molar-refractivity contribution in [3.63, 3.8) is 0 Å². The smallest absolute Gasteiger partial charge is 0.189 e. The second kappa shape index (κ2) is 10.5. The van der Waals surface area contributed by atoms with Crippen molar-refractivity contribution in [2.24, 2.45) is 0 Å². The monoisotopic (exact) mass is 498 g/mol. The lowest BCUT2D eigenvalue weighted by Crippen LogP contribution is -2.04. The maximum Gasteiger partial charge on any atom is 0.189 e. The highest BCUT2D eigenvalue weighted by atomic mass is 35.5. The molecule has 0 aliphatic carbocycles. The third-order valence-electron chi connectivity index (χ3n) is 4.55. The largest absolute Gasteiger partial charge is 0.293 e. The second-order valence-corrected chi connectivity index (χ2v) is 9.55. The van der Waals surface area contributed by atoms with Crippen LogP contribution in [0.5, 0.6) is 0 Å². The Morgan fingerprint density at radius 1 is 0.688 bits per heavy atom. The Balaban J connectivity index is 1.50. The molecule has 1 heterocycles. The van der Waals surface area contributed by atoms with Crippen LogP contribution in [0.1, 0.15) is 20.7 Å². The van der Waals surface area contributed by atoms with Gasteiger partial charge in [-0.25, -0.2) is 9.97 Å². The first kappa shape index (κ1) is 22.8. The van der Waals surface area contributed by atoms with Crippen molar-refractivity contribution in [3.8, 4) is 0 Å². The highest BCUT2D eigenvalue weighted by Crippen LogP contribution is 2.29. The molecule has 4 aromatic rings. The fourth-order valence-electron chi connectivity index (χ4n) is 2.90. The molecule has 4 nitrogen and oxygen atoms in total. The van der Waals surface area contributed by atoms with Crippen molar-refractivity contribution in [2.75, 3.05) is 11.5 Å². The Morgan fingerprint density at radius 3 is 1.81 bits per heavy atom. The summed E-state index contributed by atoms with van der Waals surface area (Å²) in [5, 5.41) is 3.24. The molecule has 0 atom stereocenters. The zero-order valence-electron chi connectivity index (χ0n) is 16.6. The van der Waals surface area contributed by atoms with Crippen LogP contribution in [0.4, 0.5) is 0 Å². The number of para-hydroxylation sites is 1. The summed E-state index contributed by atoms with van der Waals surface area (Å²) in [4.78, 5) is 34.3. The first-order valence-corrected chi connectivity index (χ1v) is 12.3. The average molecular weight is 499 g/mol. The number of aromatic nitrogens is 2. The third kappa shape index (κ3) is 5.70. The molecule has 0 fully saturated rings. The Labute approximate surface area is 203 Å². The summed E-state index contributed by atoms with van der Waals surface area (Å²) in [6.07, 6.45) is 0. The molecule has 32 heavy (non-hydrogen) atoms. The normalized spacial score (nSPS) is 10.9. The van der Waals surface area contributed by atoms with E-state index >= 15 is 0 Å². The third-order valence-corrected chi connectivity index (χ3v) is 6.89. The van der Waals surface area contributed by atoms with E-state index in [1.165, 1.54) is 23.5 Å². The van der Waals surface area contributed by atoms with Crippen LogP contribution in [-0.2, 0) is 0 Å². The number of Topliss-reactive ketones (excluding diaryl/α,β-unsaturated/α-hetero) is 2. The van der Waals surface area contributed by atoms with Crippen molar-refractivity contribution in [1.29, 1.82) is 0 Å². The minimum absolute atomic E-state index is 0.0125. The van der Waals surface area contributed by atoms with E-state index in [0.717, 1.165) is 10.9 Å². The first-order chi connectivity index (χ1) is 15.5. The van der Waals surface area contributed by atoms with Gasteiger partial charge < -0.3 is 0 Å².